The molecule has 7 rings (SSSR count). The van der Waals surface area contributed by atoms with E-state index in [-0.39, 0.29) is 23.9 Å². The van der Waals surface area contributed by atoms with Crippen LogP contribution in [0.25, 0.3) is 0 Å². The molecule has 2 nitrogen and oxygen atoms in total. The fourth-order valence-corrected chi connectivity index (χ4v) is 7.84. The third-order valence-corrected chi connectivity index (χ3v) is 10.7. The molecule has 0 atom stereocenters. The number of fused-ring (bicyclic) bond motifs is 3. The Hall–Kier alpha value is -4.16. The number of nitrogens with zero attached hydrogens (tertiary/aromatic N) is 2. The van der Waals surface area contributed by atoms with Gasteiger partial charge in [-0.05, 0) is 90.8 Å². The van der Waals surface area contributed by atoms with Gasteiger partial charge in [-0.2, -0.15) is 8.78 Å². The van der Waals surface area contributed by atoms with Crippen LogP contribution in [0.4, 0.5) is 50.9 Å². The molecule has 0 aromatic heterocycles. The smallest absolute Gasteiger partial charge is 0.305 e. The van der Waals surface area contributed by atoms with Gasteiger partial charge < -0.3 is 4.90 Å². The van der Waals surface area contributed by atoms with Gasteiger partial charge in [-0.25, -0.2) is 35.0 Å². The van der Waals surface area contributed by atoms with E-state index in [1.54, 1.807) is 5.56 Å². The number of halogens is 9. The lowest BCUT2D eigenvalue weighted by Crippen LogP contribution is -2.31. The van der Waals surface area contributed by atoms with Crippen LogP contribution >= 0.6 is 11.9 Å². The Morgan fingerprint density at radius 3 is 2.00 bits per heavy atom. The van der Waals surface area contributed by atoms with Gasteiger partial charge in [-0.1, -0.05) is 51.1 Å². The van der Waals surface area contributed by atoms with E-state index in [9.17, 15) is 30.7 Å². The van der Waals surface area contributed by atoms with Crippen LogP contribution in [0, 0.1) is 61.5 Å². The fourth-order valence-electron chi connectivity index (χ4n) is 6.66. The first kappa shape index (κ1) is 41.0. The maximum absolute atomic E-state index is 15.1. The lowest BCUT2D eigenvalue weighted by molar-refractivity contribution is 0.0267. The van der Waals surface area contributed by atoms with E-state index >= 15 is 8.78 Å². The molecule has 4 aromatic rings. The molecule has 12 heteroatoms. The fraction of sp³-hybridized carbons (Fsp3) is 0.333. The van der Waals surface area contributed by atoms with Gasteiger partial charge in [0.25, 0.3) is 0 Å². The molecule has 0 amide bonds. The maximum atomic E-state index is 15.1. The monoisotopic (exact) mass is 776 g/mol. The van der Waals surface area contributed by atoms with Crippen LogP contribution in [0.1, 0.15) is 89.6 Å². The third-order valence-electron chi connectivity index (χ3n) is 9.58. The molecule has 0 saturated heterocycles. The molecule has 0 unspecified atom stereocenters. The highest BCUT2D eigenvalue weighted by molar-refractivity contribution is 7.97. The van der Waals surface area contributed by atoms with Gasteiger partial charge in [-0.3, -0.25) is 0 Å². The Balaban J connectivity index is 0.000000203. The van der Waals surface area contributed by atoms with Crippen molar-refractivity contribution < 1.29 is 39.5 Å². The molecule has 1 fully saturated rings. The van der Waals surface area contributed by atoms with Crippen LogP contribution in [0.3, 0.4) is 0 Å². The van der Waals surface area contributed by atoms with Gasteiger partial charge in [0.1, 0.15) is 5.82 Å². The van der Waals surface area contributed by atoms with Crippen molar-refractivity contribution >= 4 is 23.3 Å². The predicted octanol–water partition coefficient (Wildman–Crippen LogP) is 13.0. The summed E-state index contributed by atoms with van der Waals surface area (Å²) in [6.07, 6.45) is 3.91. The van der Waals surface area contributed by atoms with Gasteiger partial charge in [0, 0.05) is 30.8 Å². The van der Waals surface area contributed by atoms with Gasteiger partial charge in [0.15, 0.2) is 34.9 Å². The van der Waals surface area contributed by atoms with Crippen LogP contribution in [-0.4, -0.2) is 10.8 Å². The molecular weight excluding hydrogens is 736 g/mol. The van der Waals surface area contributed by atoms with E-state index in [4.69, 9.17) is 0 Å². The second kappa shape index (κ2) is 15.2. The Kier molecular flexibility index (Phi) is 11.5. The first-order valence-corrected chi connectivity index (χ1v) is 18.0. The second-order valence-corrected chi connectivity index (χ2v) is 15.8. The number of alkyl halides is 2. The van der Waals surface area contributed by atoms with Crippen molar-refractivity contribution in [2.24, 2.45) is 0 Å². The average molecular weight is 777 g/mol. The highest BCUT2D eigenvalue weighted by atomic mass is 32.2. The van der Waals surface area contributed by atoms with E-state index in [0.29, 0.717) is 0 Å². The Morgan fingerprint density at radius 2 is 1.41 bits per heavy atom. The molecule has 1 saturated carbocycles. The molecule has 54 heavy (non-hydrogen) atoms. The summed E-state index contributed by atoms with van der Waals surface area (Å²) in [7, 11) is 0. The lowest BCUT2D eigenvalue weighted by Gasteiger charge is -2.31. The van der Waals surface area contributed by atoms with Crippen molar-refractivity contribution in [3.63, 3.8) is 0 Å². The van der Waals surface area contributed by atoms with Crippen molar-refractivity contribution in [2.45, 2.75) is 89.6 Å². The van der Waals surface area contributed by atoms with Crippen LogP contribution in [0.15, 0.2) is 61.0 Å². The Morgan fingerprint density at radius 1 is 0.796 bits per heavy atom. The molecule has 2 aliphatic heterocycles. The molecule has 2 heterocycles. The maximum Gasteiger partial charge on any atom is 0.305 e. The Labute approximate surface area is 314 Å². The SMILES string of the molecule is C=C.C=CCN1Cc2c(F)c(F)c(F)c(F)c2C(F)(F)c2c(F)c(F)c(C)c(F)c2S1.Cc1cc(C)c2c(c1)N2Cc1cc(C2CC2)cc(C(C)(C)C)c1. The molecule has 0 radical (unpaired) electrons. The highest BCUT2D eigenvalue weighted by Crippen LogP contribution is 2.53. The quantitative estimate of drug-likeness (QED) is 0.0498. The predicted molar refractivity (Wildman–Crippen MR) is 197 cm³/mol. The highest BCUT2D eigenvalue weighted by Gasteiger charge is 2.50. The van der Waals surface area contributed by atoms with E-state index in [1.807, 2.05) is 0 Å². The molecule has 0 bridgehead atoms. The van der Waals surface area contributed by atoms with Gasteiger partial charge in [0.05, 0.1) is 27.4 Å². The van der Waals surface area contributed by atoms with Crippen LogP contribution in [0.5, 0.6) is 0 Å². The van der Waals surface area contributed by atoms with Gasteiger partial charge in [0.2, 0.25) is 0 Å². The van der Waals surface area contributed by atoms with Crippen molar-refractivity contribution in [1.29, 1.82) is 0 Å². The van der Waals surface area contributed by atoms with Gasteiger partial charge in [-0.15, -0.1) is 19.7 Å². The van der Waals surface area contributed by atoms with E-state index in [2.05, 4.69) is 89.6 Å². The van der Waals surface area contributed by atoms with Crippen molar-refractivity contribution in [3.05, 3.63) is 147 Å². The van der Waals surface area contributed by atoms with Crippen LogP contribution in [0.2, 0.25) is 0 Å². The topological polar surface area (TPSA) is 6.25 Å². The minimum atomic E-state index is -4.92. The summed E-state index contributed by atoms with van der Waals surface area (Å²) >= 11 is 0.165. The van der Waals surface area contributed by atoms with E-state index < -0.39 is 80.3 Å². The summed E-state index contributed by atoms with van der Waals surface area (Å²) in [5.41, 5.74) is 4.18. The molecule has 0 N–H and O–H groups in total. The number of anilines is 2. The molecule has 4 aromatic carbocycles. The minimum absolute atomic E-state index is 0.165. The summed E-state index contributed by atoms with van der Waals surface area (Å²) in [6, 6.07) is 11.9. The van der Waals surface area contributed by atoms with E-state index in [0.717, 1.165) is 23.7 Å². The minimum Gasteiger partial charge on any atom is -0.333 e. The van der Waals surface area contributed by atoms with Crippen molar-refractivity contribution in [1.82, 2.24) is 4.31 Å². The van der Waals surface area contributed by atoms with E-state index in [1.165, 1.54) is 52.5 Å². The number of rotatable bonds is 5. The molecule has 1 aliphatic carbocycles. The summed E-state index contributed by atoms with van der Waals surface area (Å²) in [4.78, 5) is 1.38. The zero-order valence-electron chi connectivity index (χ0n) is 30.9. The first-order chi connectivity index (χ1) is 25.3. The number of aryl methyl sites for hydroxylation is 2. The van der Waals surface area contributed by atoms with Crippen LogP contribution < -0.4 is 4.90 Å². The number of hydrogen-bond acceptors (Lipinski definition) is 3. The molecular formula is C42H41F9N2S. The largest absolute Gasteiger partial charge is 0.333 e. The molecule has 3 aliphatic rings. The zero-order chi connectivity index (χ0) is 40.2. The molecule has 288 valence electrons. The van der Waals surface area contributed by atoms with Gasteiger partial charge >= 0.3 is 5.92 Å². The summed E-state index contributed by atoms with van der Waals surface area (Å²) in [6.45, 7) is 21.4. The third kappa shape index (κ3) is 7.56. The molecule has 0 spiro atoms. The first-order valence-electron chi connectivity index (χ1n) is 17.2. The summed E-state index contributed by atoms with van der Waals surface area (Å²) in [5, 5.41) is 0. The standard InChI is InChI=1S/C22H27N.C18H10F9NS.C2H4/c1-14-8-15(2)21-20(9-14)23(21)13-16-10-18(17-6-7-17)12-19(11-16)22(3,4)5;1-3-4-28-5-7-8(13(22)16(25)15(24)12(7)21)18(26,27)9-14(23)10(19)6(2)11(20)17(9)29-28;1-2/h8-12,17H,6-7,13H2,1-5H3;3H,1,4-5H2,2H3;1-2H2. The Bertz CT molecular complexity index is 2060. The second-order valence-electron chi connectivity index (χ2n) is 14.7. The van der Waals surface area contributed by atoms with Crippen molar-refractivity contribution in [3.8, 4) is 0 Å². The average Bonchev–Trinajstić information content (AvgIpc) is 4.05. The normalized spacial score (nSPS) is 15.7. The van der Waals surface area contributed by atoms with Crippen LogP contribution in [-0.2, 0) is 24.4 Å². The summed E-state index contributed by atoms with van der Waals surface area (Å²) < 4.78 is 130. The number of benzene rings is 4. The summed E-state index contributed by atoms with van der Waals surface area (Å²) in [5.74, 6) is -19.3. The lowest BCUT2D eigenvalue weighted by atomic mass is 9.84. The zero-order valence-corrected chi connectivity index (χ0v) is 31.7. The number of hydrogen-bond donors (Lipinski definition) is 0. The van der Waals surface area contributed by atoms with Crippen molar-refractivity contribution in [2.75, 3.05) is 11.4 Å².